The summed E-state index contributed by atoms with van der Waals surface area (Å²) in [6.45, 7) is 3.74. The zero-order valence-electron chi connectivity index (χ0n) is 14.4. The van der Waals surface area contributed by atoms with Gasteiger partial charge in [-0.05, 0) is 57.0 Å². The molecule has 2 N–H and O–H groups in total. The number of hydrogen-bond acceptors (Lipinski definition) is 4. The van der Waals surface area contributed by atoms with E-state index in [1.165, 1.54) is 16.7 Å². The van der Waals surface area contributed by atoms with Gasteiger partial charge in [0.15, 0.2) is 0 Å². The summed E-state index contributed by atoms with van der Waals surface area (Å²) < 4.78 is 35.0. The summed E-state index contributed by atoms with van der Waals surface area (Å²) in [6.07, 6.45) is 5.25. The molecular weight excluding hydrogens is 354 g/mol. The molecule has 0 bridgehead atoms. The molecule has 1 aliphatic rings. The number of imidazole rings is 1. The molecule has 0 spiro atoms. The number of rotatable bonds is 5. The van der Waals surface area contributed by atoms with E-state index in [4.69, 9.17) is 4.42 Å². The monoisotopic (exact) mass is 373 g/mol. The van der Waals surface area contributed by atoms with Gasteiger partial charge in [0.05, 0.1) is 15.9 Å². The molecule has 1 fully saturated rings. The third-order valence-electron chi connectivity index (χ3n) is 4.51. The van der Waals surface area contributed by atoms with Gasteiger partial charge in [-0.25, -0.2) is 22.5 Å². The number of benzene rings is 1. The Kier molecular flexibility index (Phi) is 3.71. The minimum absolute atomic E-state index is 0.117. The van der Waals surface area contributed by atoms with E-state index in [9.17, 15) is 13.2 Å². The van der Waals surface area contributed by atoms with Crippen molar-refractivity contribution in [1.29, 1.82) is 0 Å². The van der Waals surface area contributed by atoms with E-state index in [0.29, 0.717) is 22.7 Å². The molecule has 1 aliphatic carbocycles. The van der Waals surface area contributed by atoms with Crippen LogP contribution in [0.2, 0.25) is 0 Å². The number of nitrogens with one attached hydrogen (secondary N) is 2. The zero-order valence-corrected chi connectivity index (χ0v) is 15.3. The lowest BCUT2D eigenvalue weighted by Crippen LogP contribution is -2.34. The lowest BCUT2D eigenvalue weighted by molar-refractivity contribution is 0.529. The fourth-order valence-electron chi connectivity index (χ4n) is 2.86. The molecular formula is C18H19N3O4S. The van der Waals surface area contributed by atoms with Crippen molar-refractivity contribution in [2.24, 2.45) is 0 Å². The molecule has 2 aromatic heterocycles. The highest BCUT2D eigenvalue weighted by Gasteiger charge is 2.41. The fourth-order valence-corrected chi connectivity index (χ4v) is 4.34. The van der Waals surface area contributed by atoms with Crippen molar-refractivity contribution in [2.75, 3.05) is 0 Å². The number of fused-ring (bicyclic) bond motifs is 1. The van der Waals surface area contributed by atoms with E-state index in [-0.39, 0.29) is 10.4 Å². The van der Waals surface area contributed by atoms with E-state index in [0.717, 1.165) is 12.8 Å². The van der Waals surface area contributed by atoms with Crippen LogP contribution in [-0.4, -0.2) is 23.5 Å². The smallest absolute Gasteiger partial charge is 0.333 e. The number of aromatic nitrogens is 2. The van der Waals surface area contributed by atoms with E-state index in [1.54, 1.807) is 24.3 Å². The lowest BCUT2D eigenvalue weighted by atomic mass is 10.3. The maximum absolute atomic E-state index is 12.6. The van der Waals surface area contributed by atoms with Crippen LogP contribution in [0, 0.1) is 0 Å². The Labute approximate surface area is 150 Å². The highest BCUT2D eigenvalue weighted by Crippen LogP contribution is 2.36. The highest BCUT2D eigenvalue weighted by molar-refractivity contribution is 7.89. The van der Waals surface area contributed by atoms with Crippen LogP contribution in [0.1, 0.15) is 32.4 Å². The average molecular weight is 373 g/mol. The van der Waals surface area contributed by atoms with E-state index in [2.05, 4.69) is 9.71 Å². The van der Waals surface area contributed by atoms with Crippen molar-refractivity contribution in [3.8, 4) is 5.88 Å². The van der Waals surface area contributed by atoms with E-state index in [1.807, 2.05) is 19.9 Å². The van der Waals surface area contributed by atoms with Crippen molar-refractivity contribution < 1.29 is 12.8 Å². The maximum Gasteiger partial charge on any atom is 0.333 e. The van der Waals surface area contributed by atoms with Gasteiger partial charge in [0.25, 0.3) is 0 Å². The molecule has 0 amide bonds. The summed E-state index contributed by atoms with van der Waals surface area (Å²) in [7, 11) is -3.66. The highest BCUT2D eigenvalue weighted by atomic mass is 32.2. The summed E-state index contributed by atoms with van der Waals surface area (Å²) >= 11 is 0. The number of aromatic amines is 1. The summed E-state index contributed by atoms with van der Waals surface area (Å²) in [5, 5.41) is 0. The van der Waals surface area contributed by atoms with Crippen molar-refractivity contribution in [3.63, 3.8) is 0 Å². The van der Waals surface area contributed by atoms with Crippen LogP contribution in [0.3, 0.4) is 0 Å². The second kappa shape index (κ2) is 5.72. The first-order chi connectivity index (χ1) is 12.3. The van der Waals surface area contributed by atoms with Crippen molar-refractivity contribution in [2.45, 2.75) is 37.1 Å². The van der Waals surface area contributed by atoms with Crippen molar-refractivity contribution in [1.82, 2.24) is 14.3 Å². The molecule has 8 heteroatoms. The van der Waals surface area contributed by atoms with Crippen LogP contribution in [0.4, 0.5) is 0 Å². The fraction of sp³-hybridized carbons (Fsp3) is 0.278. The normalized spacial score (nSPS) is 16.5. The molecule has 136 valence electrons. The summed E-state index contributed by atoms with van der Waals surface area (Å²) in [5.41, 5.74) is 0.224. The number of hydrogen-bond donors (Lipinski definition) is 2. The quantitative estimate of drug-likeness (QED) is 0.719. The molecule has 0 atom stereocenters. The van der Waals surface area contributed by atoms with Crippen LogP contribution in [0.25, 0.3) is 23.0 Å². The summed E-state index contributed by atoms with van der Waals surface area (Å²) in [6, 6.07) is 7.99. The van der Waals surface area contributed by atoms with Gasteiger partial charge >= 0.3 is 5.69 Å². The van der Waals surface area contributed by atoms with Gasteiger partial charge in [0.2, 0.25) is 15.9 Å². The third kappa shape index (κ3) is 2.91. The number of allylic oxidation sites excluding steroid dienone is 1. The predicted molar refractivity (Wildman–Crippen MR) is 98.8 cm³/mol. The van der Waals surface area contributed by atoms with Crippen LogP contribution in [0.5, 0.6) is 0 Å². The Hall–Kier alpha value is -2.58. The molecule has 4 rings (SSSR count). The second-order valence-electron chi connectivity index (χ2n) is 6.79. The van der Waals surface area contributed by atoms with Crippen LogP contribution in [0.15, 0.2) is 50.5 Å². The lowest BCUT2D eigenvalue weighted by Gasteiger charge is -2.12. The average Bonchev–Trinajstić information content (AvgIpc) is 2.98. The first kappa shape index (κ1) is 16.9. The largest absolute Gasteiger partial charge is 0.440 e. The van der Waals surface area contributed by atoms with Crippen LogP contribution in [-0.2, 0) is 10.0 Å². The summed E-state index contributed by atoms with van der Waals surface area (Å²) in [5.74, 6) is 0.932. The van der Waals surface area contributed by atoms with E-state index < -0.39 is 15.7 Å². The Morgan fingerprint density at radius 3 is 2.73 bits per heavy atom. The van der Waals surface area contributed by atoms with Gasteiger partial charge in [-0.2, -0.15) is 0 Å². The van der Waals surface area contributed by atoms with Crippen molar-refractivity contribution >= 4 is 27.1 Å². The van der Waals surface area contributed by atoms with Gasteiger partial charge in [-0.3, -0.25) is 0 Å². The van der Waals surface area contributed by atoms with E-state index >= 15 is 0 Å². The molecule has 3 aromatic rings. The first-order valence-electron chi connectivity index (χ1n) is 8.33. The Morgan fingerprint density at radius 1 is 1.27 bits per heavy atom. The third-order valence-corrected chi connectivity index (χ3v) is 6.15. The van der Waals surface area contributed by atoms with Crippen LogP contribution >= 0.6 is 0 Å². The minimum atomic E-state index is -3.66. The van der Waals surface area contributed by atoms with Gasteiger partial charge in [0.1, 0.15) is 5.76 Å². The van der Waals surface area contributed by atoms with Gasteiger partial charge in [0, 0.05) is 11.6 Å². The number of sulfonamides is 1. The molecule has 0 radical (unpaired) electrons. The molecule has 26 heavy (non-hydrogen) atoms. The zero-order chi connectivity index (χ0) is 18.5. The standard InChI is InChI=1S/C18H19N3O4S/c1-3-4-12-5-8-16(25-12)21-15-11-13(6-7-14(15)19-17(21)22)26(23,24)20-18(2)9-10-18/h3-8,11,20H,9-10H2,1-2H3,(H,19,22)/b4-3+. The minimum Gasteiger partial charge on any atom is -0.440 e. The molecule has 1 aromatic carbocycles. The predicted octanol–water partition coefficient (Wildman–Crippen LogP) is 2.78. The molecule has 0 saturated heterocycles. The maximum atomic E-state index is 12.6. The Morgan fingerprint density at radius 2 is 2.04 bits per heavy atom. The Balaban J connectivity index is 1.83. The van der Waals surface area contributed by atoms with Gasteiger partial charge in [-0.15, -0.1) is 0 Å². The first-order valence-corrected chi connectivity index (χ1v) is 9.81. The Bertz CT molecular complexity index is 1180. The number of nitrogens with zero attached hydrogens (tertiary/aromatic N) is 1. The SMILES string of the molecule is C/C=C/c1ccc(-n2c(=O)[nH]c3ccc(S(=O)(=O)NC4(C)CC4)cc32)o1. The van der Waals surface area contributed by atoms with Gasteiger partial charge in [-0.1, -0.05) is 6.08 Å². The van der Waals surface area contributed by atoms with Crippen LogP contribution < -0.4 is 10.4 Å². The molecule has 0 aliphatic heterocycles. The molecule has 7 nitrogen and oxygen atoms in total. The van der Waals surface area contributed by atoms with Gasteiger partial charge < -0.3 is 9.40 Å². The topological polar surface area (TPSA) is 97.1 Å². The van der Waals surface area contributed by atoms with Crippen molar-refractivity contribution in [3.05, 3.63) is 52.7 Å². The number of furan rings is 1. The molecule has 2 heterocycles. The number of H-pyrrole nitrogens is 1. The second-order valence-corrected chi connectivity index (χ2v) is 8.47. The molecule has 0 unspecified atom stereocenters. The summed E-state index contributed by atoms with van der Waals surface area (Å²) in [4.78, 5) is 15.2. The molecule has 1 saturated carbocycles.